The topological polar surface area (TPSA) is 169 Å². The number of aryl methyl sites for hydroxylation is 1. The third-order valence-corrected chi connectivity index (χ3v) is 6.02. The van der Waals surface area contributed by atoms with Gasteiger partial charge in [0.05, 0.1) is 37.0 Å². The number of rotatable bonds is 13. The van der Waals surface area contributed by atoms with Crippen molar-refractivity contribution in [2.24, 2.45) is 0 Å². The molecule has 3 rings (SSSR count). The van der Waals surface area contributed by atoms with Crippen LogP contribution in [0.1, 0.15) is 36.4 Å². The summed E-state index contributed by atoms with van der Waals surface area (Å²) in [7, 11) is 4.24. The molecule has 3 aromatic rings. The van der Waals surface area contributed by atoms with Gasteiger partial charge in [-0.3, -0.25) is 18.9 Å². The van der Waals surface area contributed by atoms with Gasteiger partial charge in [0.15, 0.2) is 10.6 Å². The summed E-state index contributed by atoms with van der Waals surface area (Å²) in [6, 6.07) is 4.00. The number of hydrogen-bond acceptors (Lipinski definition) is 9. The fourth-order valence-electron chi connectivity index (χ4n) is 3.50. The van der Waals surface area contributed by atoms with Crippen molar-refractivity contribution in [3.63, 3.8) is 0 Å². The van der Waals surface area contributed by atoms with Gasteiger partial charge in [-0.05, 0) is 46.1 Å². The second-order valence-corrected chi connectivity index (χ2v) is 9.50. The summed E-state index contributed by atoms with van der Waals surface area (Å²) < 4.78 is 7.75. The monoisotopic (exact) mass is 524 g/mol. The zero-order chi connectivity index (χ0) is 26.9. The van der Waals surface area contributed by atoms with E-state index in [-0.39, 0.29) is 0 Å². The zero-order valence-corrected chi connectivity index (χ0v) is 21.3. The highest BCUT2D eigenvalue weighted by Crippen LogP contribution is 2.20. The second kappa shape index (κ2) is 13.2. The lowest BCUT2D eigenvalue weighted by atomic mass is 9.96. The molecular formula is C23H32N4O8S. The molecule has 4 N–H and O–H groups in total. The van der Waals surface area contributed by atoms with Gasteiger partial charge >= 0.3 is 17.9 Å². The number of hydrogen-bond donors (Lipinski definition) is 4. The number of carbonyl (C=O) groups is 3. The van der Waals surface area contributed by atoms with Crippen molar-refractivity contribution in [1.29, 1.82) is 0 Å². The Morgan fingerprint density at radius 2 is 1.78 bits per heavy atom. The number of aliphatic hydroxyl groups is 1. The first-order chi connectivity index (χ1) is 16.9. The van der Waals surface area contributed by atoms with Crippen molar-refractivity contribution in [2.75, 3.05) is 27.2 Å². The fourth-order valence-corrected chi connectivity index (χ4v) is 4.28. The summed E-state index contributed by atoms with van der Waals surface area (Å²) in [4.78, 5) is 40.9. The van der Waals surface area contributed by atoms with Crippen LogP contribution in [0.5, 0.6) is 0 Å². The van der Waals surface area contributed by atoms with Crippen molar-refractivity contribution in [3.8, 4) is 0 Å². The first-order valence-corrected chi connectivity index (χ1v) is 12.0. The molecule has 3 aromatic heterocycles. The molecular weight excluding hydrogens is 492 g/mol. The van der Waals surface area contributed by atoms with E-state index in [1.165, 1.54) is 5.69 Å². The number of carboxylic acid groups (broad SMARTS) is 3. The summed E-state index contributed by atoms with van der Waals surface area (Å²) >= 11 is 1.68. The van der Waals surface area contributed by atoms with E-state index in [4.69, 9.17) is 24.8 Å². The van der Waals surface area contributed by atoms with Gasteiger partial charge in [0.1, 0.15) is 5.76 Å². The Balaban J connectivity index is 0.000000302. The highest BCUT2D eigenvalue weighted by Gasteiger charge is 2.40. The minimum Gasteiger partial charge on any atom is -0.481 e. The van der Waals surface area contributed by atoms with Crippen molar-refractivity contribution in [2.45, 2.75) is 44.9 Å². The lowest BCUT2D eigenvalue weighted by Crippen LogP contribution is -2.42. The first-order valence-electron chi connectivity index (χ1n) is 11.1. The molecule has 0 aromatic carbocycles. The van der Waals surface area contributed by atoms with Crippen LogP contribution in [0.15, 0.2) is 34.4 Å². The molecule has 0 fully saturated rings. The summed E-state index contributed by atoms with van der Waals surface area (Å²) in [5, 5.41) is 35.9. The van der Waals surface area contributed by atoms with Gasteiger partial charge in [-0.1, -0.05) is 0 Å². The maximum atomic E-state index is 10.3. The molecule has 0 aliphatic carbocycles. The molecule has 0 saturated heterocycles. The van der Waals surface area contributed by atoms with Gasteiger partial charge in [0.25, 0.3) is 0 Å². The summed E-state index contributed by atoms with van der Waals surface area (Å²) in [6.07, 6.45) is 2.70. The molecule has 13 heteroatoms. The Morgan fingerprint density at radius 3 is 2.31 bits per heavy atom. The molecule has 0 radical (unpaired) electrons. The van der Waals surface area contributed by atoms with Crippen molar-refractivity contribution in [1.82, 2.24) is 19.2 Å². The molecule has 0 spiro atoms. The van der Waals surface area contributed by atoms with Gasteiger partial charge in [0.2, 0.25) is 0 Å². The van der Waals surface area contributed by atoms with Crippen molar-refractivity contribution >= 4 is 34.2 Å². The summed E-state index contributed by atoms with van der Waals surface area (Å²) in [5.41, 5.74) is -0.343. The number of carboxylic acids is 3. The van der Waals surface area contributed by atoms with E-state index in [0.717, 1.165) is 49.0 Å². The Hall–Kier alpha value is -3.26. The van der Waals surface area contributed by atoms with E-state index in [1.54, 1.807) is 17.6 Å². The quantitative estimate of drug-likeness (QED) is 0.258. The number of imidazole rings is 1. The maximum absolute atomic E-state index is 10.3. The maximum Gasteiger partial charge on any atom is 0.336 e. The molecule has 0 aliphatic rings. The number of fused-ring (bicyclic) bond motifs is 1. The van der Waals surface area contributed by atoms with Gasteiger partial charge in [-0.2, -0.15) is 0 Å². The van der Waals surface area contributed by atoms with Crippen LogP contribution in [0.4, 0.5) is 0 Å². The van der Waals surface area contributed by atoms with Crippen LogP contribution >= 0.6 is 11.3 Å². The van der Waals surface area contributed by atoms with E-state index in [1.807, 2.05) is 12.1 Å². The smallest absolute Gasteiger partial charge is 0.336 e. The number of thiazole rings is 1. The number of furan rings is 1. The molecule has 0 unspecified atom stereocenters. The highest BCUT2D eigenvalue weighted by atomic mass is 32.1. The van der Waals surface area contributed by atoms with Crippen LogP contribution in [0.25, 0.3) is 4.96 Å². The van der Waals surface area contributed by atoms with Gasteiger partial charge in [-0.15, -0.1) is 11.3 Å². The average Bonchev–Trinajstić information content (AvgIpc) is 3.47. The average molecular weight is 525 g/mol. The summed E-state index contributed by atoms with van der Waals surface area (Å²) in [5.74, 6) is -4.01. The van der Waals surface area contributed by atoms with Crippen LogP contribution in [-0.2, 0) is 27.5 Å². The molecule has 3 heterocycles. The molecule has 0 bridgehead atoms. The lowest BCUT2D eigenvalue weighted by Gasteiger charge is -2.22. The lowest BCUT2D eigenvalue weighted by molar-refractivity contribution is -0.170. The molecule has 0 amide bonds. The minimum atomic E-state index is -2.74. The SMILES string of the molecule is Cc1nc2sccn2c1CN(CCCN(C)C)Cc1ccco1.O=C(O)CC(O)(CC(=O)O)C(=O)O. The van der Waals surface area contributed by atoms with Gasteiger partial charge in [0, 0.05) is 24.7 Å². The van der Waals surface area contributed by atoms with E-state index >= 15 is 0 Å². The van der Waals surface area contributed by atoms with Crippen molar-refractivity contribution in [3.05, 3.63) is 47.1 Å². The Labute approximate surface area is 212 Å². The Kier molecular flexibility index (Phi) is 10.6. The molecule has 198 valence electrons. The standard InChI is InChI=1S/C17H24N4OS.C6H8O7/c1-14-16(21-9-11-23-17(21)18-14)13-20(8-5-7-19(2)3)12-15-6-4-10-22-15;7-3(8)1-6(13,5(11)12)2-4(9)10/h4,6,9-11H,5,7-8,12-13H2,1-3H3;13H,1-2H2,(H,7,8)(H,9,10)(H,11,12). The van der Waals surface area contributed by atoms with E-state index in [9.17, 15) is 14.4 Å². The minimum absolute atomic E-state index is 0.831. The number of aliphatic carboxylic acids is 3. The van der Waals surface area contributed by atoms with E-state index in [0.29, 0.717) is 0 Å². The van der Waals surface area contributed by atoms with Crippen LogP contribution < -0.4 is 0 Å². The predicted molar refractivity (Wildman–Crippen MR) is 131 cm³/mol. The predicted octanol–water partition coefficient (Wildman–Crippen LogP) is 2.00. The van der Waals surface area contributed by atoms with Crippen LogP contribution in [-0.4, -0.2) is 90.3 Å². The van der Waals surface area contributed by atoms with Gasteiger partial charge in [-0.25, -0.2) is 9.78 Å². The second-order valence-electron chi connectivity index (χ2n) is 8.62. The van der Waals surface area contributed by atoms with Gasteiger partial charge < -0.3 is 29.7 Å². The zero-order valence-electron chi connectivity index (χ0n) is 20.5. The summed E-state index contributed by atoms with van der Waals surface area (Å²) in [6.45, 7) is 5.94. The number of aromatic nitrogens is 2. The molecule has 0 atom stereocenters. The van der Waals surface area contributed by atoms with E-state index < -0.39 is 36.4 Å². The van der Waals surface area contributed by atoms with Crippen LogP contribution in [0.3, 0.4) is 0 Å². The third-order valence-electron chi connectivity index (χ3n) is 5.26. The largest absolute Gasteiger partial charge is 0.481 e. The molecule has 0 saturated carbocycles. The molecule has 36 heavy (non-hydrogen) atoms. The fraction of sp³-hybridized carbons (Fsp3) is 0.478. The molecule has 12 nitrogen and oxygen atoms in total. The third kappa shape index (κ3) is 8.75. The van der Waals surface area contributed by atoms with Crippen molar-refractivity contribution < 1.29 is 39.2 Å². The van der Waals surface area contributed by atoms with Crippen LogP contribution in [0, 0.1) is 6.92 Å². The Morgan fingerprint density at radius 1 is 1.11 bits per heavy atom. The Bertz CT molecular complexity index is 1120. The highest BCUT2D eigenvalue weighted by molar-refractivity contribution is 7.15. The normalized spacial score (nSPS) is 11.6. The first kappa shape index (κ1) is 29.0. The molecule has 0 aliphatic heterocycles. The van der Waals surface area contributed by atoms with Crippen LogP contribution in [0.2, 0.25) is 0 Å². The number of nitrogens with zero attached hydrogens (tertiary/aromatic N) is 4. The van der Waals surface area contributed by atoms with E-state index in [2.05, 4.69) is 51.8 Å².